The predicted molar refractivity (Wildman–Crippen MR) is 63.1 cm³/mol. The van der Waals surface area contributed by atoms with E-state index >= 15 is 0 Å². The summed E-state index contributed by atoms with van der Waals surface area (Å²) in [5.74, 6) is 1.65. The summed E-state index contributed by atoms with van der Waals surface area (Å²) in [4.78, 5) is 4.24. The Hall–Kier alpha value is -1.62. The van der Waals surface area contributed by atoms with Crippen molar-refractivity contribution < 1.29 is 4.42 Å². The number of halogens is 1. The maximum Gasteiger partial charge on any atom is 0.154 e. The van der Waals surface area contributed by atoms with Gasteiger partial charge in [-0.2, -0.15) is 5.10 Å². The van der Waals surface area contributed by atoms with E-state index in [0.29, 0.717) is 0 Å². The number of fused-ring (bicyclic) bond motifs is 1. The van der Waals surface area contributed by atoms with Gasteiger partial charge in [-0.3, -0.25) is 0 Å². The molecule has 3 aromatic heterocycles. The molecule has 16 heavy (non-hydrogen) atoms. The number of imidazole rings is 1. The highest BCUT2D eigenvalue weighted by Crippen LogP contribution is 2.20. The quantitative estimate of drug-likeness (QED) is 0.687. The lowest BCUT2D eigenvalue weighted by molar-refractivity contribution is 0.545. The molecule has 5 heteroatoms. The van der Waals surface area contributed by atoms with Crippen molar-refractivity contribution in [3.8, 4) is 11.5 Å². The summed E-state index contributed by atoms with van der Waals surface area (Å²) >= 11 is 3.31. The standard InChI is InChI=1S/C11H8BrN3O/c1-7-2-4-9(16-7)8-3-5-11-13-10(12)6-15(11)14-8/h2-6H,1H3. The highest BCUT2D eigenvalue weighted by atomic mass is 79.9. The average Bonchev–Trinajstić information content (AvgIpc) is 2.81. The highest BCUT2D eigenvalue weighted by molar-refractivity contribution is 9.10. The summed E-state index contributed by atoms with van der Waals surface area (Å²) < 4.78 is 8.01. The minimum atomic E-state index is 0.768. The Bertz CT molecular complexity index is 656. The second-order valence-electron chi connectivity index (χ2n) is 3.50. The van der Waals surface area contributed by atoms with Gasteiger partial charge in [0.25, 0.3) is 0 Å². The molecule has 0 atom stereocenters. The largest absolute Gasteiger partial charge is 0.460 e. The van der Waals surface area contributed by atoms with E-state index in [1.54, 1.807) is 4.52 Å². The Labute approximate surface area is 100 Å². The Balaban J connectivity index is 2.17. The van der Waals surface area contributed by atoms with Gasteiger partial charge < -0.3 is 4.42 Å². The van der Waals surface area contributed by atoms with Crippen molar-refractivity contribution in [2.75, 3.05) is 0 Å². The first-order valence-electron chi connectivity index (χ1n) is 4.81. The van der Waals surface area contributed by atoms with Gasteiger partial charge in [-0.1, -0.05) is 0 Å². The Kier molecular flexibility index (Phi) is 2.07. The molecule has 0 unspecified atom stereocenters. The fourth-order valence-electron chi connectivity index (χ4n) is 1.56. The molecule has 0 fully saturated rings. The third kappa shape index (κ3) is 1.53. The Morgan fingerprint density at radius 2 is 2.12 bits per heavy atom. The molecule has 3 heterocycles. The molecule has 0 saturated carbocycles. The molecule has 0 aromatic carbocycles. The van der Waals surface area contributed by atoms with Gasteiger partial charge in [0.15, 0.2) is 11.4 Å². The minimum absolute atomic E-state index is 0.768. The van der Waals surface area contributed by atoms with Crippen molar-refractivity contribution in [3.05, 3.63) is 40.8 Å². The van der Waals surface area contributed by atoms with Crippen LogP contribution in [-0.4, -0.2) is 14.6 Å². The van der Waals surface area contributed by atoms with Gasteiger partial charge in [0, 0.05) is 0 Å². The monoisotopic (exact) mass is 277 g/mol. The summed E-state index contributed by atoms with van der Waals surface area (Å²) in [5, 5.41) is 4.41. The molecule has 4 nitrogen and oxygen atoms in total. The smallest absolute Gasteiger partial charge is 0.154 e. The van der Waals surface area contributed by atoms with Gasteiger partial charge >= 0.3 is 0 Å². The lowest BCUT2D eigenvalue weighted by Crippen LogP contribution is -1.91. The van der Waals surface area contributed by atoms with E-state index in [1.807, 2.05) is 37.4 Å². The van der Waals surface area contributed by atoms with Gasteiger partial charge in [-0.05, 0) is 47.1 Å². The third-order valence-electron chi connectivity index (χ3n) is 2.28. The molecule has 0 aliphatic rings. The molecule has 3 rings (SSSR count). The van der Waals surface area contributed by atoms with E-state index in [-0.39, 0.29) is 0 Å². The summed E-state index contributed by atoms with van der Waals surface area (Å²) in [5.41, 5.74) is 1.60. The molecule has 0 bridgehead atoms. The number of hydrogen-bond donors (Lipinski definition) is 0. The first kappa shape index (κ1) is 9.59. The second kappa shape index (κ2) is 3.45. The van der Waals surface area contributed by atoms with E-state index in [1.165, 1.54) is 0 Å². The van der Waals surface area contributed by atoms with Crippen molar-refractivity contribution >= 4 is 21.6 Å². The molecule has 0 aliphatic carbocycles. The molecule has 0 saturated heterocycles. The lowest BCUT2D eigenvalue weighted by Gasteiger charge is -1.96. The molecule has 3 aromatic rings. The SMILES string of the molecule is Cc1ccc(-c2ccc3nc(Br)cn3n2)o1. The van der Waals surface area contributed by atoms with Crippen LogP contribution in [0.15, 0.2) is 39.5 Å². The van der Waals surface area contributed by atoms with Crippen LogP contribution in [0.3, 0.4) is 0 Å². The Morgan fingerprint density at radius 1 is 1.25 bits per heavy atom. The zero-order chi connectivity index (χ0) is 11.1. The summed E-state index contributed by atoms with van der Waals surface area (Å²) in [6.45, 7) is 1.91. The number of furan rings is 1. The number of nitrogens with zero attached hydrogens (tertiary/aromatic N) is 3. The third-order valence-corrected chi connectivity index (χ3v) is 2.67. The van der Waals surface area contributed by atoms with E-state index < -0.39 is 0 Å². The zero-order valence-corrected chi connectivity index (χ0v) is 10.1. The summed E-state index contributed by atoms with van der Waals surface area (Å²) in [6.07, 6.45) is 1.81. The van der Waals surface area contributed by atoms with Crippen molar-refractivity contribution in [1.82, 2.24) is 14.6 Å². The van der Waals surface area contributed by atoms with Gasteiger partial charge in [-0.15, -0.1) is 0 Å². The number of rotatable bonds is 1. The van der Waals surface area contributed by atoms with Gasteiger partial charge in [0.2, 0.25) is 0 Å². The van der Waals surface area contributed by atoms with Gasteiger partial charge in [-0.25, -0.2) is 9.50 Å². The summed E-state index contributed by atoms with van der Waals surface area (Å²) in [7, 11) is 0. The topological polar surface area (TPSA) is 43.3 Å². The number of hydrogen-bond acceptors (Lipinski definition) is 3. The molecular formula is C11H8BrN3O. The van der Waals surface area contributed by atoms with Crippen LogP contribution < -0.4 is 0 Å². The molecule has 0 spiro atoms. The van der Waals surface area contributed by atoms with Crippen molar-refractivity contribution in [1.29, 1.82) is 0 Å². The fourth-order valence-corrected chi connectivity index (χ4v) is 1.93. The predicted octanol–water partition coefficient (Wildman–Crippen LogP) is 3.06. The normalized spacial score (nSPS) is 11.1. The van der Waals surface area contributed by atoms with E-state index in [0.717, 1.165) is 27.5 Å². The lowest BCUT2D eigenvalue weighted by atomic mass is 10.3. The number of aromatic nitrogens is 3. The maximum absolute atomic E-state index is 5.52. The van der Waals surface area contributed by atoms with Crippen LogP contribution >= 0.6 is 15.9 Å². The van der Waals surface area contributed by atoms with Crippen LogP contribution in [0.25, 0.3) is 17.1 Å². The van der Waals surface area contributed by atoms with Crippen LogP contribution in [0.5, 0.6) is 0 Å². The maximum atomic E-state index is 5.52. The molecule has 0 radical (unpaired) electrons. The van der Waals surface area contributed by atoms with Crippen LogP contribution in [-0.2, 0) is 0 Å². The van der Waals surface area contributed by atoms with E-state index in [4.69, 9.17) is 4.42 Å². The molecule has 0 amide bonds. The van der Waals surface area contributed by atoms with Crippen LogP contribution in [0.1, 0.15) is 5.76 Å². The van der Waals surface area contributed by atoms with E-state index in [9.17, 15) is 0 Å². The summed E-state index contributed by atoms with van der Waals surface area (Å²) in [6, 6.07) is 7.64. The number of aryl methyl sites for hydroxylation is 1. The van der Waals surface area contributed by atoms with Crippen LogP contribution in [0.4, 0.5) is 0 Å². The Morgan fingerprint density at radius 3 is 2.88 bits per heavy atom. The average molecular weight is 278 g/mol. The van der Waals surface area contributed by atoms with Gasteiger partial charge in [0.05, 0.1) is 6.20 Å². The first-order valence-corrected chi connectivity index (χ1v) is 5.60. The van der Waals surface area contributed by atoms with Crippen molar-refractivity contribution in [2.24, 2.45) is 0 Å². The van der Waals surface area contributed by atoms with E-state index in [2.05, 4.69) is 26.0 Å². The molecule has 80 valence electrons. The highest BCUT2D eigenvalue weighted by Gasteiger charge is 2.06. The van der Waals surface area contributed by atoms with Crippen LogP contribution in [0, 0.1) is 6.92 Å². The molecular weight excluding hydrogens is 270 g/mol. The zero-order valence-electron chi connectivity index (χ0n) is 8.51. The molecule has 0 N–H and O–H groups in total. The fraction of sp³-hybridized carbons (Fsp3) is 0.0909. The van der Waals surface area contributed by atoms with Crippen LogP contribution in [0.2, 0.25) is 0 Å². The molecule has 0 aliphatic heterocycles. The van der Waals surface area contributed by atoms with Crippen molar-refractivity contribution in [3.63, 3.8) is 0 Å². The minimum Gasteiger partial charge on any atom is -0.460 e. The van der Waals surface area contributed by atoms with Gasteiger partial charge in [0.1, 0.15) is 16.1 Å². The second-order valence-corrected chi connectivity index (χ2v) is 4.31. The van der Waals surface area contributed by atoms with Crippen molar-refractivity contribution in [2.45, 2.75) is 6.92 Å². The first-order chi connectivity index (χ1) is 7.72.